The van der Waals surface area contributed by atoms with Crippen molar-refractivity contribution in [3.63, 3.8) is 0 Å². The average Bonchev–Trinajstić information content (AvgIpc) is 3.22. The van der Waals surface area contributed by atoms with E-state index in [4.69, 9.17) is 14.2 Å². The van der Waals surface area contributed by atoms with E-state index in [1.165, 1.54) is 5.57 Å². The molecule has 0 saturated heterocycles. The molecule has 0 atom stereocenters. The number of aromatic nitrogens is 2. The van der Waals surface area contributed by atoms with Gasteiger partial charge in [-0.15, -0.1) is 10.2 Å². The standard InChI is InChI=1S/C23H28N3O4P/c1-2-7-21(19-8-4-3-5-9-19)16-22-25-26-23(30-22)20-12-10-18(11-13-20)17-24-14-6-15-31(27,28)29/h3-5,8-13,16,24H,2,6-7,14-15,17H2,1H3,(H2,27,28,29). The molecule has 0 aliphatic rings. The zero-order chi connectivity index (χ0) is 22.1. The lowest BCUT2D eigenvalue weighted by atomic mass is 10.0. The van der Waals surface area contributed by atoms with Crippen LogP contribution in [0.1, 0.15) is 43.2 Å². The second-order valence-corrected chi connectivity index (χ2v) is 9.12. The van der Waals surface area contributed by atoms with Crippen molar-refractivity contribution in [1.29, 1.82) is 0 Å². The van der Waals surface area contributed by atoms with E-state index < -0.39 is 7.60 Å². The van der Waals surface area contributed by atoms with Crippen LogP contribution in [0.3, 0.4) is 0 Å². The van der Waals surface area contributed by atoms with Crippen LogP contribution in [0.4, 0.5) is 0 Å². The van der Waals surface area contributed by atoms with Crippen molar-refractivity contribution < 1.29 is 18.8 Å². The molecule has 0 radical (unpaired) electrons. The van der Waals surface area contributed by atoms with Crippen molar-refractivity contribution >= 4 is 19.2 Å². The average molecular weight is 441 g/mol. The molecule has 3 aromatic rings. The highest BCUT2D eigenvalue weighted by Crippen LogP contribution is 2.34. The Hall–Kier alpha value is -2.57. The van der Waals surface area contributed by atoms with Gasteiger partial charge in [0.1, 0.15) is 0 Å². The van der Waals surface area contributed by atoms with Crippen molar-refractivity contribution in [2.24, 2.45) is 0 Å². The summed E-state index contributed by atoms with van der Waals surface area (Å²) in [5.41, 5.74) is 4.23. The fourth-order valence-corrected chi connectivity index (χ4v) is 3.76. The smallest absolute Gasteiger partial charge is 0.325 e. The van der Waals surface area contributed by atoms with Gasteiger partial charge in [0.2, 0.25) is 11.8 Å². The number of nitrogens with one attached hydrogen (secondary N) is 1. The quantitative estimate of drug-likeness (QED) is 0.291. The minimum Gasteiger partial charge on any atom is -0.417 e. The van der Waals surface area contributed by atoms with E-state index in [0.717, 1.165) is 29.5 Å². The maximum absolute atomic E-state index is 10.8. The number of allylic oxidation sites excluding steroid dienone is 1. The molecular weight excluding hydrogens is 413 g/mol. The fraction of sp³-hybridized carbons (Fsp3) is 0.304. The van der Waals surface area contributed by atoms with Crippen LogP contribution < -0.4 is 5.32 Å². The lowest BCUT2D eigenvalue weighted by molar-refractivity contribution is 0.371. The van der Waals surface area contributed by atoms with Crippen LogP contribution in [0.2, 0.25) is 0 Å². The lowest BCUT2D eigenvalue weighted by Gasteiger charge is -2.06. The minimum atomic E-state index is -3.91. The molecule has 3 rings (SSSR count). The summed E-state index contributed by atoms with van der Waals surface area (Å²) in [6.07, 6.45) is 4.24. The second-order valence-electron chi connectivity index (χ2n) is 7.35. The fourth-order valence-electron chi connectivity index (χ4n) is 3.19. The zero-order valence-electron chi connectivity index (χ0n) is 17.6. The van der Waals surface area contributed by atoms with Crippen molar-refractivity contribution in [3.05, 3.63) is 71.6 Å². The first-order valence-electron chi connectivity index (χ1n) is 10.4. The third-order valence-corrected chi connectivity index (χ3v) is 5.63. The Morgan fingerprint density at radius 2 is 1.84 bits per heavy atom. The molecule has 7 nitrogen and oxygen atoms in total. The highest BCUT2D eigenvalue weighted by Gasteiger charge is 2.11. The molecule has 0 unspecified atom stereocenters. The van der Waals surface area contributed by atoms with Gasteiger partial charge in [-0.1, -0.05) is 55.8 Å². The first-order valence-corrected chi connectivity index (χ1v) is 12.2. The van der Waals surface area contributed by atoms with Gasteiger partial charge in [-0.25, -0.2) is 0 Å². The van der Waals surface area contributed by atoms with Crippen molar-refractivity contribution in [2.75, 3.05) is 12.7 Å². The topological polar surface area (TPSA) is 108 Å². The zero-order valence-corrected chi connectivity index (χ0v) is 18.5. The van der Waals surface area contributed by atoms with E-state index >= 15 is 0 Å². The summed E-state index contributed by atoms with van der Waals surface area (Å²) in [5.74, 6) is 0.953. The van der Waals surface area contributed by atoms with Crippen LogP contribution >= 0.6 is 7.60 Å². The number of benzene rings is 2. The van der Waals surface area contributed by atoms with Gasteiger partial charge in [0, 0.05) is 18.2 Å². The largest absolute Gasteiger partial charge is 0.417 e. The molecular formula is C23H28N3O4P. The van der Waals surface area contributed by atoms with Crippen molar-refractivity contribution in [2.45, 2.75) is 32.7 Å². The number of hydrogen-bond acceptors (Lipinski definition) is 5. The molecule has 0 amide bonds. The van der Waals surface area contributed by atoms with Crippen LogP contribution in [0.5, 0.6) is 0 Å². The van der Waals surface area contributed by atoms with E-state index in [-0.39, 0.29) is 6.16 Å². The van der Waals surface area contributed by atoms with Crippen LogP contribution in [0, 0.1) is 0 Å². The second kappa shape index (κ2) is 11.2. The van der Waals surface area contributed by atoms with Crippen LogP contribution in [0.15, 0.2) is 59.0 Å². The molecule has 3 N–H and O–H groups in total. The maximum atomic E-state index is 10.8. The van der Waals surface area contributed by atoms with Crippen molar-refractivity contribution in [3.8, 4) is 11.5 Å². The van der Waals surface area contributed by atoms with E-state index in [1.54, 1.807) is 0 Å². The van der Waals surface area contributed by atoms with Crippen LogP contribution in [-0.4, -0.2) is 32.7 Å². The normalized spacial score (nSPS) is 12.3. The summed E-state index contributed by atoms with van der Waals surface area (Å²) in [7, 11) is -3.91. The van der Waals surface area contributed by atoms with Gasteiger partial charge in [-0.3, -0.25) is 4.57 Å². The predicted octanol–water partition coefficient (Wildman–Crippen LogP) is 4.73. The summed E-state index contributed by atoms with van der Waals surface area (Å²) in [4.78, 5) is 17.7. The third-order valence-electron chi connectivity index (χ3n) is 4.74. The van der Waals surface area contributed by atoms with Gasteiger partial charge >= 0.3 is 7.60 Å². The molecule has 164 valence electrons. The molecule has 0 bridgehead atoms. The maximum Gasteiger partial charge on any atom is 0.325 e. The molecule has 0 aliphatic heterocycles. The van der Waals surface area contributed by atoms with E-state index in [9.17, 15) is 4.57 Å². The molecule has 0 spiro atoms. The van der Waals surface area contributed by atoms with E-state index in [1.807, 2.05) is 48.5 Å². The predicted molar refractivity (Wildman–Crippen MR) is 122 cm³/mol. The molecule has 0 aliphatic carbocycles. The summed E-state index contributed by atoms with van der Waals surface area (Å²) in [5, 5.41) is 11.5. The molecule has 1 heterocycles. The summed E-state index contributed by atoms with van der Waals surface area (Å²) < 4.78 is 16.7. The Morgan fingerprint density at radius 1 is 1.10 bits per heavy atom. The highest BCUT2D eigenvalue weighted by molar-refractivity contribution is 7.51. The molecule has 0 saturated carbocycles. The highest BCUT2D eigenvalue weighted by atomic mass is 31.2. The van der Waals surface area contributed by atoms with Crippen LogP contribution in [0.25, 0.3) is 23.1 Å². The summed E-state index contributed by atoms with van der Waals surface area (Å²) in [6.45, 7) is 3.31. The van der Waals surface area contributed by atoms with Gasteiger partial charge in [-0.05, 0) is 48.2 Å². The minimum absolute atomic E-state index is 0.100. The lowest BCUT2D eigenvalue weighted by Crippen LogP contribution is -2.15. The van der Waals surface area contributed by atoms with Gasteiger partial charge in [-0.2, -0.15) is 0 Å². The first kappa shape index (κ1) is 23.1. The van der Waals surface area contributed by atoms with Crippen LogP contribution in [-0.2, 0) is 11.1 Å². The molecule has 1 aromatic heterocycles. The Kier molecular flexibility index (Phi) is 8.32. The Balaban J connectivity index is 1.61. The SMILES string of the molecule is CCCC(=Cc1nnc(-c2ccc(CNCCCP(=O)(O)O)cc2)o1)c1ccccc1. The number of rotatable bonds is 11. The number of nitrogens with zero attached hydrogens (tertiary/aromatic N) is 2. The third kappa shape index (κ3) is 7.56. The van der Waals surface area contributed by atoms with Gasteiger partial charge in [0.15, 0.2) is 0 Å². The molecule has 2 aromatic carbocycles. The van der Waals surface area contributed by atoms with Gasteiger partial charge in [0.05, 0.1) is 6.16 Å². The van der Waals surface area contributed by atoms with Gasteiger partial charge < -0.3 is 19.5 Å². The first-order chi connectivity index (χ1) is 14.9. The molecule has 0 fully saturated rings. The summed E-state index contributed by atoms with van der Waals surface area (Å²) >= 11 is 0. The Bertz CT molecular complexity index is 1030. The van der Waals surface area contributed by atoms with Gasteiger partial charge in [0.25, 0.3) is 0 Å². The monoisotopic (exact) mass is 441 g/mol. The molecule has 8 heteroatoms. The van der Waals surface area contributed by atoms with E-state index in [0.29, 0.717) is 31.3 Å². The Labute approximate surface area is 182 Å². The Morgan fingerprint density at radius 3 is 2.52 bits per heavy atom. The molecule has 31 heavy (non-hydrogen) atoms. The number of hydrogen-bond donors (Lipinski definition) is 3. The summed E-state index contributed by atoms with van der Waals surface area (Å²) in [6, 6.07) is 18.0. The van der Waals surface area contributed by atoms with Crippen molar-refractivity contribution in [1.82, 2.24) is 15.5 Å². The van der Waals surface area contributed by atoms with E-state index in [2.05, 4.69) is 34.6 Å².